The third-order valence-electron chi connectivity index (χ3n) is 4.14. The van der Waals surface area contributed by atoms with Gasteiger partial charge in [-0.05, 0) is 0 Å². The Kier molecular flexibility index (Phi) is 7.66. The largest absolute Gasteiger partial charge is 0.394 e. The van der Waals surface area contributed by atoms with Gasteiger partial charge in [0.25, 0.3) is 0 Å². The van der Waals surface area contributed by atoms with Crippen molar-refractivity contribution in [1.29, 1.82) is 0 Å². The van der Waals surface area contributed by atoms with Crippen LogP contribution in [0.3, 0.4) is 0 Å². The average Bonchev–Trinajstić information content (AvgIpc) is 2.60. The van der Waals surface area contributed by atoms with Gasteiger partial charge in [0.2, 0.25) is 5.91 Å². The van der Waals surface area contributed by atoms with Crippen LogP contribution in [0.25, 0.3) is 0 Å². The lowest BCUT2D eigenvalue weighted by atomic mass is 9.99. The molecule has 2 fully saturated rings. The molecule has 12 heteroatoms. The maximum atomic E-state index is 10.9. The van der Waals surface area contributed by atoms with Crippen molar-refractivity contribution in [1.82, 2.24) is 5.48 Å². The van der Waals surface area contributed by atoms with Gasteiger partial charge in [0.05, 0.1) is 19.3 Å². The van der Waals surface area contributed by atoms with Gasteiger partial charge in [-0.2, -0.15) is 0 Å². The molecule has 2 aliphatic rings. The molecule has 0 aromatic heterocycles. The molecular weight excluding hydrogens is 358 g/mol. The summed E-state index contributed by atoms with van der Waals surface area (Å²) in [5.41, 5.74) is 2.06. The molecule has 0 saturated carbocycles. The van der Waals surface area contributed by atoms with Crippen LogP contribution in [0.5, 0.6) is 0 Å². The van der Waals surface area contributed by atoms with Crippen LogP contribution in [-0.4, -0.2) is 105 Å². The molecule has 2 heterocycles. The predicted molar refractivity (Wildman–Crippen MR) is 79.9 cm³/mol. The molecule has 0 aliphatic carbocycles. The number of ether oxygens (including phenoxy) is 3. The molecule has 0 aromatic rings. The summed E-state index contributed by atoms with van der Waals surface area (Å²) >= 11 is 0. The normalized spacial score (nSPS) is 43.9. The lowest BCUT2D eigenvalue weighted by Gasteiger charge is -2.41. The van der Waals surface area contributed by atoms with Crippen molar-refractivity contribution in [3.05, 3.63) is 0 Å². The van der Waals surface area contributed by atoms with E-state index in [1.807, 2.05) is 0 Å². The summed E-state index contributed by atoms with van der Waals surface area (Å²) < 4.78 is 15.8. The maximum Gasteiger partial charge on any atom is 0.240 e. The number of hydrogen-bond donors (Lipinski definition) is 7. The Hall–Kier alpha value is -0.930. The highest BCUT2D eigenvalue weighted by Crippen LogP contribution is 2.25. The Morgan fingerprint density at radius 2 is 1.73 bits per heavy atom. The highest BCUT2D eigenvalue weighted by molar-refractivity contribution is 5.71. The lowest BCUT2D eigenvalue weighted by molar-refractivity contribution is -0.321. The van der Waals surface area contributed by atoms with Crippen molar-refractivity contribution in [2.75, 3.05) is 13.2 Å². The van der Waals surface area contributed by atoms with Crippen molar-refractivity contribution < 1.29 is 54.5 Å². The molecular formula is C14H25NO11. The van der Waals surface area contributed by atoms with Crippen LogP contribution in [0.15, 0.2) is 0 Å². The molecule has 2 aliphatic heterocycles. The van der Waals surface area contributed by atoms with E-state index in [2.05, 4.69) is 5.48 Å². The van der Waals surface area contributed by atoms with E-state index in [1.54, 1.807) is 0 Å². The molecule has 2 rings (SSSR count). The standard InChI is InChI=1S/C14H25NO11/c1-5(17)15-26-9-2-6(18)10(19)8(24-9)4-23-14-13(22)12(21)11(20)7(3-16)25-14/h6-14,16,18-22H,2-4H2,1H3,(H,15,17)/t6-,7-,8-,9-,10-,11+,12+,13-,14-/m1/s1. The van der Waals surface area contributed by atoms with E-state index in [0.717, 1.165) is 0 Å². The lowest BCUT2D eigenvalue weighted by Crippen LogP contribution is -2.60. The van der Waals surface area contributed by atoms with Gasteiger partial charge in [-0.3, -0.25) is 4.79 Å². The van der Waals surface area contributed by atoms with Crippen LogP contribution in [0.1, 0.15) is 13.3 Å². The molecule has 1 amide bonds. The van der Waals surface area contributed by atoms with Crippen molar-refractivity contribution in [2.45, 2.75) is 68.7 Å². The zero-order chi connectivity index (χ0) is 19.4. The van der Waals surface area contributed by atoms with Gasteiger partial charge in [-0.15, -0.1) is 0 Å². The van der Waals surface area contributed by atoms with Gasteiger partial charge in [0.15, 0.2) is 12.6 Å². The van der Waals surface area contributed by atoms with E-state index in [1.165, 1.54) is 6.92 Å². The number of rotatable bonds is 6. The van der Waals surface area contributed by atoms with Gasteiger partial charge in [-0.25, -0.2) is 10.3 Å². The average molecular weight is 383 g/mol. The first kappa shape index (κ1) is 21.4. The van der Waals surface area contributed by atoms with E-state index in [-0.39, 0.29) is 13.0 Å². The van der Waals surface area contributed by atoms with Crippen LogP contribution in [0.4, 0.5) is 0 Å². The van der Waals surface area contributed by atoms with Crippen molar-refractivity contribution >= 4 is 5.91 Å². The zero-order valence-corrected chi connectivity index (χ0v) is 14.0. The summed E-state index contributed by atoms with van der Waals surface area (Å²) in [5, 5.41) is 58.3. The first-order valence-electron chi connectivity index (χ1n) is 8.10. The number of carbonyl (C=O) groups is 1. The molecule has 0 bridgehead atoms. The fraction of sp³-hybridized carbons (Fsp3) is 0.929. The summed E-state index contributed by atoms with van der Waals surface area (Å²) in [7, 11) is 0. The third-order valence-corrected chi connectivity index (χ3v) is 4.14. The summed E-state index contributed by atoms with van der Waals surface area (Å²) in [5.74, 6) is -0.483. The monoisotopic (exact) mass is 383 g/mol. The van der Waals surface area contributed by atoms with Crippen LogP contribution in [-0.2, 0) is 23.8 Å². The minimum atomic E-state index is -1.61. The summed E-state index contributed by atoms with van der Waals surface area (Å²) in [6, 6.07) is 0. The Morgan fingerprint density at radius 3 is 2.35 bits per heavy atom. The second kappa shape index (κ2) is 9.32. The van der Waals surface area contributed by atoms with Crippen LogP contribution in [0, 0.1) is 0 Å². The molecule has 12 nitrogen and oxygen atoms in total. The summed E-state index contributed by atoms with van der Waals surface area (Å²) in [4.78, 5) is 15.8. The SMILES string of the molecule is CC(=O)NO[C@@H]1C[C@@H](O)[C@@H](O)[C@@H](CO[C@@H]2O[C@H](CO)[C@H](O)[C@H](O)[C@H]2O)O1. The molecule has 2 saturated heterocycles. The fourth-order valence-corrected chi connectivity index (χ4v) is 2.67. The summed E-state index contributed by atoms with van der Waals surface area (Å²) in [6.07, 6.45) is -12.1. The number of nitrogens with one attached hydrogen (secondary N) is 1. The molecule has 9 atom stereocenters. The van der Waals surface area contributed by atoms with Crippen molar-refractivity contribution in [3.63, 3.8) is 0 Å². The number of hydrogen-bond acceptors (Lipinski definition) is 11. The van der Waals surface area contributed by atoms with E-state index in [9.17, 15) is 30.3 Å². The van der Waals surface area contributed by atoms with E-state index < -0.39 is 67.8 Å². The minimum absolute atomic E-state index is 0.0992. The molecule has 152 valence electrons. The molecule has 26 heavy (non-hydrogen) atoms. The second-order valence-electron chi connectivity index (χ2n) is 6.20. The first-order valence-corrected chi connectivity index (χ1v) is 8.10. The number of hydroxylamine groups is 1. The zero-order valence-electron chi connectivity index (χ0n) is 14.0. The number of aliphatic hydroxyl groups excluding tert-OH is 6. The highest BCUT2D eigenvalue weighted by Gasteiger charge is 2.45. The van der Waals surface area contributed by atoms with Gasteiger partial charge in [0, 0.05) is 13.3 Å². The van der Waals surface area contributed by atoms with Gasteiger partial charge >= 0.3 is 0 Å². The smallest absolute Gasteiger partial charge is 0.240 e. The van der Waals surface area contributed by atoms with E-state index in [4.69, 9.17) is 24.2 Å². The fourth-order valence-electron chi connectivity index (χ4n) is 2.67. The van der Waals surface area contributed by atoms with Gasteiger partial charge in [0.1, 0.15) is 36.6 Å². The molecule has 0 unspecified atom stereocenters. The minimum Gasteiger partial charge on any atom is -0.394 e. The topological polar surface area (TPSA) is 187 Å². The van der Waals surface area contributed by atoms with Crippen molar-refractivity contribution in [3.8, 4) is 0 Å². The Bertz CT molecular complexity index is 464. The second-order valence-corrected chi connectivity index (χ2v) is 6.20. The molecule has 0 spiro atoms. The Morgan fingerprint density at radius 1 is 1.04 bits per heavy atom. The highest BCUT2D eigenvalue weighted by atomic mass is 16.8. The number of aliphatic hydroxyl groups is 6. The maximum absolute atomic E-state index is 10.9. The predicted octanol–water partition coefficient (Wildman–Crippen LogP) is -4.29. The molecule has 7 N–H and O–H groups in total. The van der Waals surface area contributed by atoms with Gasteiger partial charge < -0.3 is 44.8 Å². The summed E-state index contributed by atoms with van der Waals surface area (Å²) in [6.45, 7) is 0.230. The number of amides is 1. The third kappa shape index (κ3) is 5.07. The van der Waals surface area contributed by atoms with Crippen LogP contribution in [0.2, 0.25) is 0 Å². The van der Waals surface area contributed by atoms with Crippen LogP contribution < -0.4 is 5.48 Å². The Labute approximate surface area is 148 Å². The Balaban J connectivity index is 1.92. The van der Waals surface area contributed by atoms with Crippen molar-refractivity contribution in [2.24, 2.45) is 0 Å². The van der Waals surface area contributed by atoms with E-state index in [0.29, 0.717) is 0 Å². The molecule has 0 aromatic carbocycles. The first-order chi connectivity index (χ1) is 12.2. The molecule has 0 radical (unpaired) electrons. The quantitative estimate of drug-likeness (QED) is 0.220. The van der Waals surface area contributed by atoms with Gasteiger partial charge in [-0.1, -0.05) is 0 Å². The van der Waals surface area contributed by atoms with E-state index >= 15 is 0 Å². The van der Waals surface area contributed by atoms with Crippen LogP contribution >= 0.6 is 0 Å². The number of carbonyl (C=O) groups excluding carboxylic acids is 1.